The second-order valence-electron chi connectivity index (χ2n) is 4.13. The van der Waals surface area contributed by atoms with Gasteiger partial charge in [-0.1, -0.05) is 30.0 Å². The predicted molar refractivity (Wildman–Crippen MR) is 75.6 cm³/mol. The summed E-state index contributed by atoms with van der Waals surface area (Å²) in [4.78, 5) is 4.23. The number of nitrogens with zero attached hydrogens (tertiary/aromatic N) is 2. The van der Waals surface area contributed by atoms with Gasteiger partial charge in [-0.3, -0.25) is 10.4 Å². The van der Waals surface area contributed by atoms with Crippen LogP contribution in [-0.2, 0) is 0 Å². The summed E-state index contributed by atoms with van der Waals surface area (Å²) in [7, 11) is 0. The molecule has 1 aliphatic heterocycles. The minimum atomic E-state index is -0.608. The van der Waals surface area contributed by atoms with Crippen LogP contribution in [0.1, 0.15) is 12.5 Å². The second-order valence-corrected chi connectivity index (χ2v) is 5.10. The lowest BCUT2D eigenvalue weighted by Crippen LogP contribution is -2.26. The number of hydrogen-bond acceptors (Lipinski definition) is 3. The molecule has 19 heavy (non-hydrogen) atoms. The van der Waals surface area contributed by atoms with Gasteiger partial charge in [-0.2, -0.15) is 5.10 Å². The Morgan fingerprint density at radius 1 is 1.47 bits per heavy atom. The van der Waals surface area contributed by atoms with Gasteiger partial charge in [0.25, 0.3) is 0 Å². The number of thioether (sulfide) groups is 1. The van der Waals surface area contributed by atoms with E-state index in [9.17, 15) is 8.78 Å². The molecule has 0 radical (unpaired) electrons. The molecule has 1 aromatic carbocycles. The second kappa shape index (κ2) is 5.97. The van der Waals surface area contributed by atoms with Gasteiger partial charge >= 0.3 is 0 Å². The molecule has 0 saturated carbocycles. The van der Waals surface area contributed by atoms with Gasteiger partial charge in [0.2, 0.25) is 0 Å². The first kappa shape index (κ1) is 13.7. The average Bonchev–Trinajstić information content (AvgIpc) is 2.37. The highest BCUT2D eigenvalue weighted by Crippen LogP contribution is 2.18. The van der Waals surface area contributed by atoms with Crippen LogP contribution >= 0.6 is 11.8 Å². The minimum absolute atomic E-state index is 0.0820. The smallest absolute Gasteiger partial charge is 0.177 e. The van der Waals surface area contributed by atoms with Crippen molar-refractivity contribution < 1.29 is 8.78 Å². The number of aliphatic imine (C=N–C) groups is 1. The van der Waals surface area contributed by atoms with Gasteiger partial charge in [0.15, 0.2) is 5.17 Å². The maximum absolute atomic E-state index is 13.6. The van der Waals surface area contributed by atoms with Crippen molar-refractivity contribution in [3.8, 4) is 0 Å². The van der Waals surface area contributed by atoms with Gasteiger partial charge in [-0.05, 0) is 19.1 Å². The Balaban J connectivity index is 2.17. The minimum Gasteiger partial charge on any atom is -0.257 e. The molecule has 1 N–H and O–H groups in total. The zero-order valence-electron chi connectivity index (χ0n) is 10.4. The SMILES string of the molecule is C=C(C)CN=C1NN=C(c2c(F)cccc2F)CS1. The van der Waals surface area contributed by atoms with E-state index in [0.717, 1.165) is 5.57 Å². The lowest BCUT2D eigenvalue weighted by atomic mass is 10.1. The van der Waals surface area contributed by atoms with Crippen LogP contribution in [0.5, 0.6) is 0 Å². The third-order valence-corrected chi connectivity index (χ3v) is 3.29. The molecule has 3 nitrogen and oxygen atoms in total. The number of halogens is 2. The third-order valence-electron chi connectivity index (χ3n) is 2.38. The zero-order chi connectivity index (χ0) is 13.8. The Labute approximate surface area is 114 Å². The van der Waals surface area contributed by atoms with E-state index in [2.05, 4.69) is 22.1 Å². The van der Waals surface area contributed by atoms with Crippen molar-refractivity contribution in [2.24, 2.45) is 10.1 Å². The van der Waals surface area contributed by atoms with E-state index >= 15 is 0 Å². The summed E-state index contributed by atoms with van der Waals surface area (Å²) in [5.41, 5.74) is 3.90. The van der Waals surface area contributed by atoms with E-state index in [0.29, 0.717) is 23.2 Å². The van der Waals surface area contributed by atoms with Crippen LogP contribution in [0, 0.1) is 11.6 Å². The van der Waals surface area contributed by atoms with Gasteiger partial charge < -0.3 is 0 Å². The molecule has 1 aromatic rings. The summed E-state index contributed by atoms with van der Waals surface area (Å²) in [6.45, 7) is 6.13. The number of hydrogen-bond donors (Lipinski definition) is 1. The third kappa shape index (κ3) is 3.41. The fraction of sp³-hybridized carbons (Fsp3) is 0.231. The Morgan fingerprint density at radius 3 is 2.68 bits per heavy atom. The van der Waals surface area contributed by atoms with Crippen LogP contribution in [0.15, 0.2) is 40.4 Å². The summed E-state index contributed by atoms with van der Waals surface area (Å²) in [5.74, 6) is -0.841. The highest BCUT2D eigenvalue weighted by atomic mass is 32.2. The summed E-state index contributed by atoms with van der Waals surface area (Å²) < 4.78 is 27.2. The van der Waals surface area contributed by atoms with Crippen LogP contribution in [0.3, 0.4) is 0 Å². The van der Waals surface area contributed by atoms with Crippen LogP contribution < -0.4 is 5.43 Å². The largest absolute Gasteiger partial charge is 0.257 e. The number of hydrazone groups is 1. The Kier molecular flexibility index (Phi) is 4.31. The van der Waals surface area contributed by atoms with E-state index in [4.69, 9.17) is 0 Å². The van der Waals surface area contributed by atoms with Crippen molar-refractivity contribution in [1.82, 2.24) is 5.43 Å². The van der Waals surface area contributed by atoms with E-state index < -0.39 is 11.6 Å². The molecule has 0 atom stereocenters. The van der Waals surface area contributed by atoms with Gasteiger partial charge in [0.1, 0.15) is 11.6 Å². The van der Waals surface area contributed by atoms with E-state index in [-0.39, 0.29) is 5.56 Å². The molecule has 0 bridgehead atoms. The van der Waals surface area contributed by atoms with Crippen molar-refractivity contribution in [1.29, 1.82) is 0 Å². The van der Waals surface area contributed by atoms with Crippen molar-refractivity contribution in [3.63, 3.8) is 0 Å². The first-order valence-electron chi connectivity index (χ1n) is 5.66. The molecule has 0 amide bonds. The summed E-state index contributed by atoms with van der Waals surface area (Å²) in [5, 5.41) is 4.61. The summed E-state index contributed by atoms with van der Waals surface area (Å²) in [6, 6.07) is 3.77. The number of nitrogens with one attached hydrogen (secondary N) is 1. The highest BCUT2D eigenvalue weighted by molar-refractivity contribution is 8.14. The predicted octanol–water partition coefficient (Wildman–Crippen LogP) is 2.94. The lowest BCUT2D eigenvalue weighted by Gasteiger charge is -2.15. The van der Waals surface area contributed by atoms with Crippen LogP contribution in [0.2, 0.25) is 0 Å². The van der Waals surface area contributed by atoms with Gasteiger partial charge in [-0.15, -0.1) is 0 Å². The van der Waals surface area contributed by atoms with Gasteiger partial charge in [0, 0.05) is 5.75 Å². The van der Waals surface area contributed by atoms with Crippen molar-refractivity contribution in [3.05, 3.63) is 47.5 Å². The molecule has 0 aliphatic carbocycles. The first-order valence-corrected chi connectivity index (χ1v) is 6.65. The molecular formula is C13H13F2N3S. The quantitative estimate of drug-likeness (QED) is 0.865. The van der Waals surface area contributed by atoms with Gasteiger partial charge in [0.05, 0.1) is 17.8 Å². The molecule has 0 unspecified atom stereocenters. The molecule has 0 spiro atoms. The maximum atomic E-state index is 13.6. The first-order chi connectivity index (χ1) is 9.08. The summed E-state index contributed by atoms with van der Waals surface area (Å²) >= 11 is 1.36. The molecule has 2 rings (SSSR count). The van der Waals surface area contributed by atoms with Crippen LogP contribution in [0.25, 0.3) is 0 Å². The molecule has 0 saturated heterocycles. The molecule has 1 aliphatic rings. The van der Waals surface area contributed by atoms with Crippen LogP contribution in [0.4, 0.5) is 8.78 Å². The summed E-state index contributed by atoms with van der Waals surface area (Å²) in [6.07, 6.45) is 0. The molecule has 1 heterocycles. The fourth-order valence-electron chi connectivity index (χ4n) is 1.51. The molecule has 6 heteroatoms. The molecule has 0 aromatic heterocycles. The number of benzene rings is 1. The fourth-order valence-corrected chi connectivity index (χ4v) is 2.25. The van der Waals surface area contributed by atoms with Gasteiger partial charge in [-0.25, -0.2) is 8.78 Å². The van der Waals surface area contributed by atoms with E-state index in [1.54, 1.807) is 0 Å². The Bertz CT molecular complexity index is 547. The highest BCUT2D eigenvalue weighted by Gasteiger charge is 2.19. The standard InChI is InChI=1S/C13H13F2N3S/c1-8(2)6-16-13-18-17-11(7-19-13)12-9(14)4-3-5-10(12)15/h3-5H,1,6-7H2,2H3,(H,16,18). The maximum Gasteiger partial charge on any atom is 0.177 e. The monoisotopic (exact) mass is 281 g/mol. The molecular weight excluding hydrogens is 268 g/mol. The Hall–Kier alpha value is -1.69. The van der Waals surface area contributed by atoms with Crippen molar-refractivity contribution >= 4 is 22.6 Å². The number of rotatable bonds is 3. The van der Waals surface area contributed by atoms with Crippen molar-refractivity contribution in [2.75, 3.05) is 12.3 Å². The van der Waals surface area contributed by atoms with Crippen LogP contribution in [-0.4, -0.2) is 23.2 Å². The van der Waals surface area contributed by atoms with E-state index in [1.807, 2.05) is 6.92 Å². The molecule has 100 valence electrons. The Morgan fingerprint density at radius 2 is 2.16 bits per heavy atom. The lowest BCUT2D eigenvalue weighted by molar-refractivity contribution is 0.578. The normalized spacial score (nSPS) is 17.0. The molecule has 0 fully saturated rings. The zero-order valence-corrected chi connectivity index (χ0v) is 11.2. The number of amidine groups is 1. The van der Waals surface area contributed by atoms with E-state index in [1.165, 1.54) is 30.0 Å². The van der Waals surface area contributed by atoms with Crippen molar-refractivity contribution in [2.45, 2.75) is 6.92 Å². The average molecular weight is 281 g/mol. The topological polar surface area (TPSA) is 36.8 Å².